The van der Waals surface area contributed by atoms with E-state index in [4.69, 9.17) is 11.5 Å². The molecule has 0 aliphatic heterocycles. The highest BCUT2D eigenvalue weighted by atomic mass is 16.2. The second-order valence-corrected chi connectivity index (χ2v) is 5.11. The lowest BCUT2D eigenvalue weighted by Gasteiger charge is -2.31. The van der Waals surface area contributed by atoms with Gasteiger partial charge >= 0.3 is 0 Å². The average molecular weight is 261 g/mol. The molecule has 1 aromatic rings. The standard InChI is InChI=1S/C14H19N3O2/c15-12(18)10-4-6-11(7-5-10)17-13(19)14(16)8-2-1-3-9-14/h4-7H,1-3,8-9,16H2,(H2,15,18)(H,17,19). The molecule has 1 fully saturated rings. The Balaban J connectivity index is 2.04. The molecule has 5 N–H and O–H groups in total. The minimum atomic E-state index is -0.763. The third-order valence-corrected chi connectivity index (χ3v) is 3.63. The molecule has 0 radical (unpaired) electrons. The fourth-order valence-electron chi connectivity index (χ4n) is 2.38. The summed E-state index contributed by atoms with van der Waals surface area (Å²) in [4.78, 5) is 23.1. The van der Waals surface area contributed by atoms with Crippen LogP contribution in [0.1, 0.15) is 42.5 Å². The summed E-state index contributed by atoms with van der Waals surface area (Å²) in [6, 6.07) is 6.48. The maximum absolute atomic E-state index is 12.2. The molecular weight excluding hydrogens is 242 g/mol. The molecular formula is C14H19N3O2. The summed E-state index contributed by atoms with van der Waals surface area (Å²) in [6.45, 7) is 0. The van der Waals surface area contributed by atoms with Crippen molar-refractivity contribution in [1.82, 2.24) is 0 Å². The van der Waals surface area contributed by atoms with Crippen molar-refractivity contribution in [3.63, 3.8) is 0 Å². The number of rotatable bonds is 3. The predicted molar refractivity (Wildman–Crippen MR) is 73.6 cm³/mol. The van der Waals surface area contributed by atoms with Crippen LogP contribution in [-0.4, -0.2) is 17.4 Å². The van der Waals surface area contributed by atoms with Gasteiger partial charge in [0.05, 0.1) is 5.54 Å². The van der Waals surface area contributed by atoms with Crippen molar-refractivity contribution in [3.8, 4) is 0 Å². The predicted octanol–water partition coefficient (Wildman–Crippen LogP) is 1.39. The Bertz CT molecular complexity index is 476. The maximum atomic E-state index is 12.2. The molecule has 0 heterocycles. The third kappa shape index (κ3) is 3.12. The molecule has 2 amide bonds. The van der Waals surface area contributed by atoms with E-state index in [1.165, 1.54) is 0 Å². The highest BCUT2D eigenvalue weighted by Gasteiger charge is 2.35. The smallest absolute Gasteiger partial charge is 0.248 e. The maximum Gasteiger partial charge on any atom is 0.248 e. The van der Waals surface area contributed by atoms with Gasteiger partial charge in [0.1, 0.15) is 0 Å². The van der Waals surface area contributed by atoms with Crippen LogP contribution in [0.5, 0.6) is 0 Å². The van der Waals surface area contributed by atoms with Crippen molar-refractivity contribution in [3.05, 3.63) is 29.8 Å². The Morgan fingerprint density at radius 1 is 1.05 bits per heavy atom. The van der Waals surface area contributed by atoms with Gasteiger partial charge in [-0.25, -0.2) is 0 Å². The van der Waals surface area contributed by atoms with Crippen molar-refractivity contribution < 1.29 is 9.59 Å². The first-order valence-corrected chi connectivity index (χ1v) is 6.51. The van der Waals surface area contributed by atoms with Gasteiger partial charge in [-0.1, -0.05) is 19.3 Å². The first-order valence-electron chi connectivity index (χ1n) is 6.51. The molecule has 102 valence electrons. The zero-order valence-electron chi connectivity index (χ0n) is 10.8. The molecule has 1 aliphatic rings. The van der Waals surface area contributed by atoms with Crippen LogP contribution in [0.4, 0.5) is 5.69 Å². The van der Waals surface area contributed by atoms with Gasteiger partial charge in [0, 0.05) is 11.3 Å². The quantitative estimate of drug-likeness (QED) is 0.766. The monoisotopic (exact) mass is 261 g/mol. The molecule has 0 saturated heterocycles. The summed E-state index contributed by atoms with van der Waals surface area (Å²) in [5, 5.41) is 2.80. The number of primary amides is 1. The van der Waals surface area contributed by atoms with Crippen molar-refractivity contribution in [2.45, 2.75) is 37.6 Å². The summed E-state index contributed by atoms with van der Waals surface area (Å²) < 4.78 is 0. The van der Waals surface area contributed by atoms with Crippen LogP contribution in [0.3, 0.4) is 0 Å². The number of carbonyl (C=O) groups excluding carboxylic acids is 2. The molecule has 0 aromatic heterocycles. The van der Waals surface area contributed by atoms with E-state index in [0.29, 0.717) is 11.3 Å². The van der Waals surface area contributed by atoms with Gasteiger partial charge in [-0.2, -0.15) is 0 Å². The van der Waals surface area contributed by atoms with E-state index in [1.54, 1.807) is 24.3 Å². The van der Waals surface area contributed by atoms with E-state index in [9.17, 15) is 9.59 Å². The fourth-order valence-corrected chi connectivity index (χ4v) is 2.38. The third-order valence-electron chi connectivity index (χ3n) is 3.63. The summed E-state index contributed by atoms with van der Waals surface area (Å²) in [6.07, 6.45) is 4.56. The Morgan fingerprint density at radius 2 is 1.63 bits per heavy atom. The Morgan fingerprint density at radius 3 is 2.16 bits per heavy atom. The van der Waals surface area contributed by atoms with Gasteiger partial charge in [0.25, 0.3) is 0 Å². The van der Waals surface area contributed by atoms with Crippen molar-refractivity contribution in [2.75, 3.05) is 5.32 Å². The summed E-state index contributed by atoms with van der Waals surface area (Å²) >= 11 is 0. The van der Waals surface area contributed by atoms with Crippen LogP contribution >= 0.6 is 0 Å². The van der Waals surface area contributed by atoms with Gasteiger partial charge in [-0.15, -0.1) is 0 Å². The molecule has 5 heteroatoms. The zero-order chi connectivity index (χ0) is 13.9. The Hall–Kier alpha value is -1.88. The number of nitrogens with two attached hydrogens (primary N) is 2. The van der Waals surface area contributed by atoms with Gasteiger partial charge in [-0.05, 0) is 37.1 Å². The molecule has 0 atom stereocenters. The second-order valence-electron chi connectivity index (χ2n) is 5.11. The van der Waals surface area contributed by atoms with Crippen molar-refractivity contribution >= 4 is 17.5 Å². The molecule has 0 unspecified atom stereocenters. The minimum absolute atomic E-state index is 0.154. The summed E-state index contributed by atoms with van der Waals surface area (Å²) in [5.74, 6) is -0.639. The summed E-state index contributed by atoms with van der Waals surface area (Å²) in [7, 11) is 0. The van der Waals surface area contributed by atoms with E-state index in [-0.39, 0.29) is 5.91 Å². The zero-order valence-corrected chi connectivity index (χ0v) is 10.8. The van der Waals surface area contributed by atoms with Gasteiger partial charge < -0.3 is 16.8 Å². The van der Waals surface area contributed by atoms with Crippen molar-refractivity contribution in [2.24, 2.45) is 11.5 Å². The van der Waals surface area contributed by atoms with Crippen molar-refractivity contribution in [1.29, 1.82) is 0 Å². The molecule has 1 aromatic carbocycles. The molecule has 0 bridgehead atoms. The van der Waals surface area contributed by atoms with Crippen LogP contribution < -0.4 is 16.8 Å². The summed E-state index contributed by atoms with van der Waals surface area (Å²) in [5.41, 5.74) is 11.6. The number of hydrogen-bond acceptors (Lipinski definition) is 3. The van der Waals surface area contributed by atoms with Crippen LogP contribution in [0.25, 0.3) is 0 Å². The lowest BCUT2D eigenvalue weighted by Crippen LogP contribution is -2.52. The van der Waals surface area contributed by atoms with Gasteiger partial charge in [-0.3, -0.25) is 9.59 Å². The highest BCUT2D eigenvalue weighted by Crippen LogP contribution is 2.27. The van der Waals surface area contributed by atoms with Crippen LogP contribution in [-0.2, 0) is 4.79 Å². The normalized spacial score (nSPS) is 17.7. The van der Waals surface area contributed by atoms with Crippen LogP contribution in [0.15, 0.2) is 24.3 Å². The average Bonchev–Trinajstić information content (AvgIpc) is 2.40. The van der Waals surface area contributed by atoms with Gasteiger partial charge in [0.15, 0.2) is 0 Å². The molecule has 5 nitrogen and oxygen atoms in total. The Kier molecular flexibility index (Phi) is 3.85. The lowest BCUT2D eigenvalue weighted by atomic mass is 9.82. The molecule has 19 heavy (non-hydrogen) atoms. The van der Waals surface area contributed by atoms with E-state index < -0.39 is 11.4 Å². The largest absolute Gasteiger partial charge is 0.366 e. The van der Waals surface area contributed by atoms with Crippen LogP contribution in [0.2, 0.25) is 0 Å². The number of benzene rings is 1. The number of anilines is 1. The van der Waals surface area contributed by atoms with E-state index in [2.05, 4.69) is 5.32 Å². The first-order chi connectivity index (χ1) is 9.01. The SMILES string of the molecule is NC(=O)c1ccc(NC(=O)C2(N)CCCCC2)cc1. The Labute approximate surface area is 112 Å². The highest BCUT2D eigenvalue weighted by molar-refractivity contribution is 5.98. The number of amides is 2. The van der Waals surface area contributed by atoms with Crippen LogP contribution in [0, 0.1) is 0 Å². The van der Waals surface area contributed by atoms with E-state index >= 15 is 0 Å². The lowest BCUT2D eigenvalue weighted by molar-refractivity contribution is -0.122. The molecule has 1 aliphatic carbocycles. The van der Waals surface area contributed by atoms with E-state index in [0.717, 1.165) is 32.1 Å². The molecule has 1 saturated carbocycles. The fraction of sp³-hybridized carbons (Fsp3) is 0.429. The first kappa shape index (κ1) is 13.5. The molecule has 0 spiro atoms. The number of hydrogen-bond donors (Lipinski definition) is 3. The molecule has 2 rings (SSSR count). The topological polar surface area (TPSA) is 98.2 Å². The number of carbonyl (C=O) groups is 2. The second kappa shape index (κ2) is 5.40. The van der Waals surface area contributed by atoms with E-state index in [1.807, 2.05) is 0 Å². The minimum Gasteiger partial charge on any atom is -0.366 e. The van der Waals surface area contributed by atoms with Gasteiger partial charge in [0.2, 0.25) is 11.8 Å². The number of nitrogens with one attached hydrogen (secondary N) is 1.